The second kappa shape index (κ2) is 9.98. The van der Waals surface area contributed by atoms with Crippen molar-refractivity contribution in [2.45, 2.75) is 19.3 Å². The number of methoxy groups -OCH3 is 1. The van der Waals surface area contributed by atoms with Crippen LogP contribution in [-0.2, 0) is 9.53 Å². The van der Waals surface area contributed by atoms with E-state index in [-0.39, 0.29) is 17.6 Å². The van der Waals surface area contributed by atoms with E-state index in [4.69, 9.17) is 4.74 Å². The molecular weight excluding hydrogens is 361 g/mol. The van der Waals surface area contributed by atoms with E-state index in [2.05, 4.69) is 25.5 Å². The minimum atomic E-state index is -0.333. The Kier molecular flexibility index (Phi) is 7.13. The van der Waals surface area contributed by atoms with Gasteiger partial charge in [-0.2, -0.15) is 4.98 Å². The Morgan fingerprint density at radius 1 is 1.29 bits per heavy atom. The Hall–Kier alpha value is -2.74. The highest BCUT2D eigenvalue weighted by Crippen LogP contribution is 2.23. The molecule has 8 heteroatoms. The molecule has 0 radical (unpaired) electrons. The summed E-state index contributed by atoms with van der Waals surface area (Å²) in [5.41, 5.74) is 0.371. The normalized spacial score (nSPS) is 14.7. The van der Waals surface area contributed by atoms with E-state index in [1.54, 1.807) is 37.6 Å². The summed E-state index contributed by atoms with van der Waals surface area (Å²) in [6, 6.07) is 8.17. The maximum atomic E-state index is 13.8. The van der Waals surface area contributed by atoms with Crippen molar-refractivity contribution in [3.63, 3.8) is 0 Å². The fourth-order valence-electron chi connectivity index (χ4n) is 3.19. The third kappa shape index (κ3) is 5.39. The van der Waals surface area contributed by atoms with Crippen molar-refractivity contribution in [2.75, 3.05) is 43.6 Å². The van der Waals surface area contributed by atoms with Crippen molar-refractivity contribution < 1.29 is 13.9 Å². The predicted molar refractivity (Wildman–Crippen MR) is 106 cm³/mol. The summed E-state index contributed by atoms with van der Waals surface area (Å²) in [7, 11) is 1.65. The Morgan fingerprint density at radius 3 is 2.82 bits per heavy atom. The minimum absolute atomic E-state index is 0.0125. The number of carbonyl (C=O) groups is 1. The van der Waals surface area contributed by atoms with Crippen LogP contribution in [0, 0.1) is 11.7 Å². The number of rotatable bonds is 8. The number of ether oxygens (including phenoxy) is 1. The first-order chi connectivity index (χ1) is 13.7. The average Bonchev–Trinajstić information content (AvgIpc) is 2.73. The molecular formula is C20H26FN5O2. The highest BCUT2D eigenvalue weighted by atomic mass is 19.1. The quantitative estimate of drug-likeness (QED) is 0.678. The van der Waals surface area contributed by atoms with Crippen molar-refractivity contribution in [1.29, 1.82) is 0 Å². The maximum absolute atomic E-state index is 13.8. The number of amides is 1. The van der Waals surface area contributed by atoms with Crippen LogP contribution in [0.25, 0.3) is 0 Å². The predicted octanol–water partition coefficient (Wildman–Crippen LogP) is 2.73. The number of anilines is 3. The van der Waals surface area contributed by atoms with Crippen molar-refractivity contribution in [2.24, 2.45) is 5.92 Å². The van der Waals surface area contributed by atoms with Gasteiger partial charge in [0.1, 0.15) is 11.6 Å². The van der Waals surface area contributed by atoms with Crippen LogP contribution in [0.2, 0.25) is 0 Å². The van der Waals surface area contributed by atoms with E-state index >= 15 is 0 Å². The first-order valence-electron chi connectivity index (χ1n) is 9.53. The zero-order valence-electron chi connectivity index (χ0n) is 16.0. The zero-order chi connectivity index (χ0) is 19.8. The van der Waals surface area contributed by atoms with Gasteiger partial charge in [-0.15, -0.1) is 0 Å². The number of piperidine rings is 1. The zero-order valence-corrected chi connectivity index (χ0v) is 16.0. The standard InChI is InChI=1S/C20H26FN5O2/c1-28-14-4-10-22-19(27)15-8-12-26(13-9-15)20-23-11-7-18(25-20)24-17-6-3-2-5-16(17)21/h2-3,5-7,11,15H,4,8-10,12-14H2,1H3,(H,22,27)(H,23,24,25). The smallest absolute Gasteiger partial charge is 0.227 e. The number of nitrogens with one attached hydrogen (secondary N) is 2. The number of halogens is 1. The number of hydrogen-bond donors (Lipinski definition) is 2. The van der Waals surface area contributed by atoms with Gasteiger partial charge in [-0.3, -0.25) is 4.79 Å². The fraction of sp³-hybridized carbons (Fsp3) is 0.450. The van der Waals surface area contributed by atoms with Crippen LogP contribution in [-0.4, -0.2) is 49.2 Å². The third-order valence-electron chi connectivity index (χ3n) is 4.75. The molecule has 1 aliphatic heterocycles. The van der Waals surface area contributed by atoms with Gasteiger partial charge in [0.25, 0.3) is 0 Å². The lowest BCUT2D eigenvalue weighted by Crippen LogP contribution is -2.41. The summed E-state index contributed by atoms with van der Waals surface area (Å²) in [5, 5.41) is 5.95. The molecule has 0 aliphatic carbocycles. The Labute approximate surface area is 164 Å². The first-order valence-corrected chi connectivity index (χ1v) is 9.53. The molecule has 1 aromatic carbocycles. The lowest BCUT2D eigenvalue weighted by atomic mass is 9.96. The molecule has 0 atom stereocenters. The summed E-state index contributed by atoms with van der Waals surface area (Å²) in [5.74, 6) is 0.901. The van der Waals surface area contributed by atoms with Gasteiger partial charge in [0.15, 0.2) is 0 Å². The van der Waals surface area contributed by atoms with E-state index in [9.17, 15) is 9.18 Å². The number of aromatic nitrogens is 2. The molecule has 3 rings (SSSR count). The SMILES string of the molecule is COCCCNC(=O)C1CCN(c2nccc(Nc3ccccc3F)n2)CC1. The Morgan fingerprint density at radius 2 is 2.07 bits per heavy atom. The lowest BCUT2D eigenvalue weighted by Gasteiger charge is -2.31. The van der Waals surface area contributed by atoms with Crippen LogP contribution in [0.1, 0.15) is 19.3 Å². The van der Waals surface area contributed by atoms with Gasteiger partial charge in [0.2, 0.25) is 11.9 Å². The van der Waals surface area contributed by atoms with Crippen LogP contribution in [0.5, 0.6) is 0 Å². The van der Waals surface area contributed by atoms with Crippen molar-refractivity contribution in [3.05, 3.63) is 42.3 Å². The van der Waals surface area contributed by atoms with Gasteiger partial charge in [-0.05, 0) is 37.5 Å². The summed E-state index contributed by atoms with van der Waals surface area (Å²) in [6.07, 6.45) is 3.98. The molecule has 0 bridgehead atoms. The molecule has 0 spiro atoms. The molecule has 1 aliphatic rings. The minimum Gasteiger partial charge on any atom is -0.385 e. The molecule has 28 heavy (non-hydrogen) atoms. The summed E-state index contributed by atoms with van der Waals surface area (Å²) < 4.78 is 18.8. The summed E-state index contributed by atoms with van der Waals surface area (Å²) in [4.78, 5) is 23.1. The second-order valence-corrected chi connectivity index (χ2v) is 6.75. The molecule has 150 valence electrons. The first kappa shape index (κ1) is 20.0. The van der Waals surface area contributed by atoms with Gasteiger partial charge in [-0.1, -0.05) is 12.1 Å². The van der Waals surface area contributed by atoms with E-state index < -0.39 is 0 Å². The number of hydrogen-bond acceptors (Lipinski definition) is 6. The average molecular weight is 387 g/mol. The number of para-hydroxylation sites is 1. The van der Waals surface area contributed by atoms with Crippen LogP contribution < -0.4 is 15.5 Å². The van der Waals surface area contributed by atoms with Gasteiger partial charge in [0, 0.05) is 45.5 Å². The van der Waals surface area contributed by atoms with Gasteiger partial charge >= 0.3 is 0 Å². The van der Waals surface area contributed by atoms with E-state index in [1.165, 1.54) is 6.07 Å². The second-order valence-electron chi connectivity index (χ2n) is 6.75. The number of nitrogens with zero attached hydrogens (tertiary/aromatic N) is 3. The molecule has 7 nitrogen and oxygen atoms in total. The molecule has 1 aromatic heterocycles. The maximum Gasteiger partial charge on any atom is 0.227 e. The third-order valence-corrected chi connectivity index (χ3v) is 4.75. The molecule has 1 amide bonds. The van der Waals surface area contributed by atoms with Crippen LogP contribution in [0.4, 0.5) is 21.8 Å². The largest absolute Gasteiger partial charge is 0.385 e. The molecule has 0 saturated carbocycles. The van der Waals surface area contributed by atoms with E-state index in [1.807, 2.05) is 0 Å². The van der Waals surface area contributed by atoms with Crippen molar-refractivity contribution in [1.82, 2.24) is 15.3 Å². The molecule has 2 heterocycles. The van der Waals surface area contributed by atoms with Crippen LogP contribution in [0.15, 0.2) is 36.5 Å². The summed E-state index contributed by atoms with van der Waals surface area (Å²) in [6.45, 7) is 2.70. The van der Waals surface area contributed by atoms with Crippen LogP contribution in [0.3, 0.4) is 0 Å². The highest BCUT2D eigenvalue weighted by Gasteiger charge is 2.26. The van der Waals surface area contributed by atoms with E-state index in [0.717, 1.165) is 19.3 Å². The van der Waals surface area contributed by atoms with Crippen molar-refractivity contribution >= 4 is 23.4 Å². The molecule has 1 fully saturated rings. The highest BCUT2D eigenvalue weighted by molar-refractivity contribution is 5.78. The Balaban J connectivity index is 1.53. The Bertz CT molecular complexity index is 781. The molecule has 1 saturated heterocycles. The topological polar surface area (TPSA) is 79.4 Å². The molecule has 2 aromatic rings. The van der Waals surface area contributed by atoms with Gasteiger partial charge < -0.3 is 20.3 Å². The lowest BCUT2D eigenvalue weighted by molar-refractivity contribution is -0.125. The monoisotopic (exact) mass is 387 g/mol. The van der Waals surface area contributed by atoms with Gasteiger partial charge in [0.05, 0.1) is 5.69 Å². The number of carbonyl (C=O) groups excluding carboxylic acids is 1. The number of benzene rings is 1. The van der Waals surface area contributed by atoms with Crippen LogP contribution >= 0.6 is 0 Å². The van der Waals surface area contributed by atoms with Crippen molar-refractivity contribution in [3.8, 4) is 0 Å². The molecule has 0 unspecified atom stereocenters. The molecule has 2 N–H and O–H groups in total. The van der Waals surface area contributed by atoms with E-state index in [0.29, 0.717) is 43.7 Å². The van der Waals surface area contributed by atoms with Gasteiger partial charge in [-0.25, -0.2) is 9.37 Å². The fourth-order valence-corrected chi connectivity index (χ4v) is 3.19. The summed E-state index contributed by atoms with van der Waals surface area (Å²) >= 11 is 0.